The fourth-order valence-electron chi connectivity index (χ4n) is 2.06. The summed E-state index contributed by atoms with van der Waals surface area (Å²) in [6.45, 7) is 1.75. The number of rotatable bonds is 3. The van der Waals surface area contributed by atoms with Gasteiger partial charge >= 0.3 is 0 Å². The minimum Gasteiger partial charge on any atom is -0.309 e. The fourth-order valence-corrected chi connectivity index (χ4v) is 2.68. The van der Waals surface area contributed by atoms with Gasteiger partial charge in [0.15, 0.2) is 0 Å². The molecule has 0 saturated carbocycles. The first-order valence-electron chi connectivity index (χ1n) is 5.91. The molecule has 0 radical (unpaired) electrons. The minimum absolute atomic E-state index is 0.0381. The summed E-state index contributed by atoms with van der Waals surface area (Å²) < 4.78 is 14.7. The summed E-state index contributed by atoms with van der Waals surface area (Å²) in [6.07, 6.45) is 0. The molecule has 0 heterocycles. The molecule has 0 spiro atoms. The average molecular weight is 390 g/mol. The summed E-state index contributed by atoms with van der Waals surface area (Å²) in [5.41, 5.74) is 2.60. The Hall–Kier alpha value is -0.650. The number of benzene rings is 2. The van der Waals surface area contributed by atoms with E-state index in [9.17, 15) is 4.39 Å². The molecule has 0 fully saturated rings. The summed E-state index contributed by atoms with van der Waals surface area (Å²) in [5, 5.41) is 3.68. The Balaban J connectivity index is 2.47. The molecule has 0 bridgehead atoms. The van der Waals surface area contributed by atoms with Crippen LogP contribution in [-0.4, -0.2) is 7.05 Å². The van der Waals surface area contributed by atoms with Crippen molar-refractivity contribution in [2.24, 2.45) is 0 Å². The Bertz CT molecular complexity index is 583. The molecule has 1 nitrogen and oxygen atoms in total. The molecule has 0 amide bonds. The third-order valence-electron chi connectivity index (χ3n) is 3.08. The minimum atomic E-state index is -0.272. The molecule has 0 saturated heterocycles. The van der Waals surface area contributed by atoms with Crippen molar-refractivity contribution in [1.82, 2.24) is 5.32 Å². The van der Waals surface area contributed by atoms with Crippen LogP contribution in [0.15, 0.2) is 36.4 Å². The van der Waals surface area contributed by atoms with Gasteiger partial charge in [-0.05, 0) is 77.5 Å². The monoisotopic (exact) mass is 389 g/mol. The first-order chi connectivity index (χ1) is 9.02. The topological polar surface area (TPSA) is 12.0 Å². The van der Waals surface area contributed by atoms with E-state index in [0.29, 0.717) is 10.6 Å². The number of hydrogen-bond donors (Lipinski definition) is 1. The van der Waals surface area contributed by atoms with E-state index < -0.39 is 0 Å². The van der Waals surface area contributed by atoms with Gasteiger partial charge in [0.05, 0.1) is 6.04 Å². The molecular weight excluding hydrogens is 376 g/mol. The molecule has 1 N–H and O–H groups in total. The first-order valence-corrected chi connectivity index (χ1v) is 7.37. The van der Waals surface area contributed by atoms with E-state index in [1.807, 2.05) is 19.2 Å². The van der Waals surface area contributed by atoms with Gasteiger partial charge in [-0.2, -0.15) is 0 Å². The van der Waals surface area contributed by atoms with Crippen LogP contribution in [0.2, 0.25) is 5.02 Å². The lowest BCUT2D eigenvalue weighted by Crippen LogP contribution is -2.18. The number of aryl methyl sites for hydroxylation is 1. The van der Waals surface area contributed by atoms with Crippen molar-refractivity contribution in [2.75, 3.05) is 7.05 Å². The SMILES string of the molecule is CNC(c1ccc(I)cc1)c1cc(C)c(F)cc1Cl. The smallest absolute Gasteiger partial charge is 0.127 e. The summed E-state index contributed by atoms with van der Waals surface area (Å²) in [5.74, 6) is -0.272. The largest absolute Gasteiger partial charge is 0.309 e. The second-order valence-electron chi connectivity index (χ2n) is 4.40. The zero-order valence-corrected chi connectivity index (χ0v) is 13.6. The Morgan fingerprint density at radius 2 is 1.84 bits per heavy atom. The molecular formula is C15H14ClFIN. The van der Waals surface area contributed by atoms with Crippen molar-refractivity contribution >= 4 is 34.2 Å². The van der Waals surface area contributed by atoms with Crippen LogP contribution < -0.4 is 5.32 Å². The lowest BCUT2D eigenvalue weighted by atomic mass is 9.97. The lowest BCUT2D eigenvalue weighted by molar-refractivity contribution is 0.614. The number of halogens is 3. The van der Waals surface area contributed by atoms with Crippen LogP contribution in [0, 0.1) is 16.3 Å². The van der Waals surface area contributed by atoms with Crippen LogP contribution in [0.25, 0.3) is 0 Å². The zero-order chi connectivity index (χ0) is 14.0. The van der Waals surface area contributed by atoms with Crippen LogP contribution in [0.5, 0.6) is 0 Å². The molecule has 100 valence electrons. The van der Waals surface area contributed by atoms with Crippen molar-refractivity contribution in [1.29, 1.82) is 0 Å². The Labute approximate surface area is 131 Å². The van der Waals surface area contributed by atoms with Gasteiger partial charge in [-0.1, -0.05) is 23.7 Å². The van der Waals surface area contributed by atoms with E-state index in [-0.39, 0.29) is 11.9 Å². The Morgan fingerprint density at radius 3 is 2.42 bits per heavy atom. The highest BCUT2D eigenvalue weighted by molar-refractivity contribution is 14.1. The van der Waals surface area contributed by atoms with E-state index in [0.717, 1.165) is 11.1 Å². The maximum absolute atomic E-state index is 13.5. The molecule has 4 heteroatoms. The fraction of sp³-hybridized carbons (Fsp3) is 0.200. The molecule has 0 aliphatic rings. The molecule has 1 unspecified atom stereocenters. The van der Waals surface area contributed by atoms with Gasteiger partial charge in [-0.3, -0.25) is 0 Å². The van der Waals surface area contributed by atoms with E-state index in [4.69, 9.17) is 11.6 Å². The van der Waals surface area contributed by atoms with Crippen LogP contribution in [0.3, 0.4) is 0 Å². The summed E-state index contributed by atoms with van der Waals surface area (Å²) >= 11 is 8.44. The maximum Gasteiger partial charge on any atom is 0.127 e. The molecule has 2 rings (SSSR count). The quantitative estimate of drug-likeness (QED) is 0.750. The van der Waals surface area contributed by atoms with Gasteiger partial charge in [-0.15, -0.1) is 0 Å². The molecule has 0 aliphatic carbocycles. The zero-order valence-electron chi connectivity index (χ0n) is 10.7. The van der Waals surface area contributed by atoms with Gasteiger partial charge < -0.3 is 5.32 Å². The Kier molecular flexibility index (Phi) is 4.81. The van der Waals surface area contributed by atoms with E-state index in [1.54, 1.807) is 13.0 Å². The lowest BCUT2D eigenvalue weighted by Gasteiger charge is -2.19. The number of nitrogens with one attached hydrogen (secondary N) is 1. The predicted octanol–water partition coefficient (Wildman–Crippen LogP) is 4.70. The first kappa shape index (κ1) is 14.8. The van der Waals surface area contributed by atoms with E-state index in [2.05, 4.69) is 40.0 Å². The van der Waals surface area contributed by atoms with Gasteiger partial charge in [0.1, 0.15) is 5.82 Å². The van der Waals surface area contributed by atoms with E-state index >= 15 is 0 Å². The third-order valence-corrected chi connectivity index (χ3v) is 4.13. The molecule has 2 aromatic carbocycles. The molecule has 0 aliphatic heterocycles. The molecule has 1 atom stereocenters. The van der Waals surface area contributed by atoms with Crippen LogP contribution in [0.4, 0.5) is 4.39 Å². The van der Waals surface area contributed by atoms with Crippen molar-refractivity contribution in [2.45, 2.75) is 13.0 Å². The third kappa shape index (κ3) is 3.27. The summed E-state index contributed by atoms with van der Waals surface area (Å²) in [6, 6.07) is 11.3. The van der Waals surface area contributed by atoms with E-state index in [1.165, 1.54) is 9.64 Å². The Morgan fingerprint density at radius 1 is 1.21 bits per heavy atom. The highest BCUT2D eigenvalue weighted by Gasteiger charge is 2.16. The number of hydrogen-bond acceptors (Lipinski definition) is 1. The van der Waals surface area contributed by atoms with Crippen molar-refractivity contribution < 1.29 is 4.39 Å². The summed E-state index contributed by atoms with van der Waals surface area (Å²) in [4.78, 5) is 0. The van der Waals surface area contributed by atoms with Gasteiger partial charge in [0, 0.05) is 8.59 Å². The average Bonchev–Trinajstić information content (AvgIpc) is 2.38. The van der Waals surface area contributed by atoms with Gasteiger partial charge in [-0.25, -0.2) is 4.39 Å². The maximum atomic E-state index is 13.5. The highest BCUT2D eigenvalue weighted by atomic mass is 127. The molecule has 0 aromatic heterocycles. The van der Waals surface area contributed by atoms with Crippen molar-refractivity contribution in [3.8, 4) is 0 Å². The van der Waals surface area contributed by atoms with Crippen molar-refractivity contribution in [3.63, 3.8) is 0 Å². The molecule has 2 aromatic rings. The highest BCUT2D eigenvalue weighted by Crippen LogP contribution is 2.30. The second kappa shape index (κ2) is 6.20. The summed E-state index contributed by atoms with van der Waals surface area (Å²) in [7, 11) is 1.87. The second-order valence-corrected chi connectivity index (χ2v) is 6.05. The standard InChI is InChI=1S/C15H14ClFIN/c1-9-7-12(13(16)8-14(9)17)15(19-2)10-3-5-11(18)6-4-10/h3-8,15,19H,1-2H3. The van der Waals surface area contributed by atoms with Crippen LogP contribution in [0.1, 0.15) is 22.7 Å². The van der Waals surface area contributed by atoms with Crippen molar-refractivity contribution in [3.05, 3.63) is 67.5 Å². The van der Waals surface area contributed by atoms with Crippen LogP contribution >= 0.6 is 34.2 Å². The predicted molar refractivity (Wildman–Crippen MR) is 86.2 cm³/mol. The van der Waals surface area contributed by atoms with Gasteiger partial charge in [0.25, 0.3) is 0 Å². The molecule has 19 heavy (non-hydrogen) atoms. The van der Waals surface area contributed by atoms with Gasteiger partial charge in [0.2, 0.25) is 0 Å². The normalized spacial score (nSPS) is 12.5. The van der Waals surface area contributed by atoms with Crippen LogP contribution in [-0.2, 0) is 0 Å².